The molecule has 2 unspecified atom stereocenters. The smallest absolute Gasteiger partial charge is 0.303 e. The zero-order valence-electron chi connectivity index (χ0n) is 14.6. The fourth-order valence-corrected chi connectivity index (χ4v) is 2.54. The molecule has 0 amide bonds. The van der Waals surface area contributed by atoms with Crippen LogP contribution in [0.4, 0.5) is 0 Å². The van der Waals surface area contributed by atoms with Gasteiger partial charge in [0.2, 0.25) is 0 Å². The van der Waals surface area contributed by atoms with Crippen molar-refractivity contribution >= 4 is 5.97 Å². The quantitative estimate of drug-likeness (QED) is 0.288. The summed E-state index contributed by atoms with van der Waals surface area (Å²) in [4.78, 5) is 10.4. The molecular weight excluding hydrogens is 288 g/mol. The summed E-state index contributed by atoms with van der Waals surface area (Å²) in [7, 11) is 0. The molecule has 0 fully saturated rings. The minimum atomic E-state index is -0.686. The van der Waals surface area contributed by atoms with E-state index in [-0.39, 0.29) is 13.5 Å². The van der Waals surface area contributed by atoms with Crippen molar-refractivity contribution in [3.8, 4) is 0 Å². The third-order valence-corrected chi connectivity index (χ3v) is 4.20. The second-order valence-corrected chi connectivity index (χ2v) is 6.45. The Balaban J connectivity index is 0. The van der Waals surface area contributed by atoms with Crippen molar-refractivity contribution in [2.45, 2.75) is 104 Å². The highest BCUT2D eigenvalue weighted by atomic mass is 16.4. The fraction of sp³-hybridized carbons (Fsp3) is 0.850. The summed E-state index contributed by atoms with van der Waals surface area (Å²) in [6, 6.07) is 0. The molecule has 0 aliphatic heterocycles. The minimum absolute atomic E-state index is 0. The van der Waals surface area contributed by atoms with Gasteiger partial charge in [0, 0.05) is 6.42 Å². The van der Waals surface area contributed by atoms with E-state index in [1.54, 1.807) is 0 Å². The van der Waals surface area contributed by atoms with Crippen molar-refractivity contribution in [1.29, 1.82) is 0 Å². The maximum absolute atomic E-state index is 10.4. The maximum atomic E-state index is 10.4. The number of unbranched alkanes of at least 4 members (excludes halogenated alkanes) is 7. The van der Waals surface area contributed by atoms with Gasteiger partial charge in [-0.3, -0.25) is 4.79 Å². The van der Waals surface area contributed by atoms with Crippen molar-refractivity contribution in [3.63, 3.8) is 0 Å². The lowest BCUT2D eigenvalue weighted by Gasteiger charge is -2.16. The molecule has 3 nitrogen and oxygen atoms in total. The Morgan fingerprint density at radius 1 is 1.00 bits per heavy atom. The Labute approximate surface area is 144 Å². The number of aliphatic hydroxyl groups excluding tert-OH is 1. The number of rotatable bonds is 15. The summed E-state index contributed by atoms with van der Waals surface area (Å²) in [5.74, 6) is -0.335. The van der Waals surface area contributed by atoms with Crippen LogP contribution in [0.15, 0.2) is 12.2 Å². The van der Waals surface area contributed by atoms with E-state index < -0.39 is 5.97 Å². The minimum Gasteiger partial charge on any atom is -0.481 e. The predicted molar refractivity (Wildman–Crippen MR) is 99.8 cm³/mol. The first-order valence-corrected chi connectivity index (χ1v) is 9.12. The lowest BCUT2D eigenvalue weighted by atomic mass is 9.96. The number of carbonyl (C=O) groups is 1. The molecule has 0 aliphatic rings. The van der Waals surface area contributed by atoms with Crippen LogP contribution in [-0.2, 0) is 4.79 Å². The van der Waals surface area contributed by atoms with Gasteiger partial charge in [0.25, 0.3) is 0 Å². The Hall–Kier alpha value is -0.830. The molecule has 23 heavy (non-hydrogen) atoms. The topological polar surface area (TPSA) is 57.5 Å². The first-order chi connectivity index (χ1) is 10.6. The second-order valence-electron chi connectivity index (χ2n) is 6.45. The van der Waals surface area contributed by atoms with Crippen molar-refractivity contribution in [2.75, 3.05) is 0 Å². The van der Waals surface area contributed by atoms with Crippen molar-refractivity contribution in [1.82, 2.24) is 0 Å². The highest BCUT2D eigenvalue weighted by Crippen LogP contribution is 2.16. The Bertz CT molecular complexity index is 287. The summed E-state index contributed by atoms with van der Waals surface area (Å²) in [6.45, 7) is 4.31. The van der Waals surface area contributed by atoms with Crippen molar-refractivity contribution < 1.29 is 15.0 Å². The van der Waals surface area contributed by atoms with Gasteiger partial charge in [-0.05, 0) is 38.0 Å². The Morgan fingerprint density at radius 3 is 2.30 bits per heavy atom. The number of hydrogen-bond acceptors (Lipinski definition) is 2. The zero-order chi connectivity index (χ0) is 16.6. The van der Waals surface area contributed by atoms with E-state index in [0.29, 0.717) is 12.3 Å². The number of allylic oxidation sites excluding steroid dienone is 2. The SMILES string of the molecule is C.CCCCCC(O)C(C)C/C=C/CCCCCCCC(=O)O. The lowest BCUT2D eigenvalue weighted by Crippen LogP contribution is -2.16. The number of aliphatic carboxylic acids is 1. The summed E-state index contributed by atoms with van der Waals surface area (Å²) in [5, 5.41) is 18.6. The fourth-order valence-electron chi connectivity index (χ4n) is 2.54. The highest BCUT2D eigenvalue weighted by Gasteiger charge is 2.11. The van der Waals surface area contributed by atoms with Crippen molar-refractivity contribution in [3.05, 3.63) is 12.2 Å². The highest BCUT2D eigenvalue weighted by molar-refractivity contribution is 5.66. The van der Waals surface area contributed by atoms with E-state index in [0.717, 1.165) is 44.9 Å². The van der Waals surface area contributed by atoms with Crippen LogP contribution in [0.1, 0.15) is 98.3 Å². The molecule has 0 saturated carbocycles. The summed E-state index contributed by atoms with van der Waals surface area (Å²) in [5.41, 5.74) is 0. The normalized spacial score (nSPS) is 13.7. The van der Waals surface area contributed by atoms with E-state index in [4.69, 9.17) is 5.11 Å². The molecule has 3 heteroatoms. The largest absolute Gasteiger partial charge is 0.481 e. The van der Waals surface area contributed by atoms with Crippen LogP contribution in [0, 0.1) is 5.92 Å². The molecule has 2 atom stereocenters. The summed E-state index contributed by atoms with van der Waals surface area (Å²) >= 11 is 0. The molecule has 0 heterocycles. The van der Waals surface area contributed by atoms with E-state index in [1.807, 2.05) is 0 Å². The monoisotopic (exact) mass is 328 g/mol. The van der Waals surface area contributed by atoms with E-state index in [9.17, 15) is 9.90 Å². The summed E-state index contributed by atoms with van der Waals surface area (Å²) < 4.78 is 0. The van der Waals surface area contributed by atoms with Gasteiger partial charge in [-0.2, -0.15) is 0 Å². The van der Waals surface area contributed by atoms with Crippen LogP contribution >= 0.6 is 0 Å². The Morgan fingerprint density at radius 2 is 1.65 bits per heavy atom. The molecular formula is C20H40O3. The zero-order valence-corrected chi connectivity index (χ0v) is 14.6. The van der Waals surface area contributed by atoms with E-state index in [2.05, 4.69) is 26.0 Å². The van der Waals surface area contributed by atoms with E-state index in [1.165, 1.54) is 25.7 Å². The summed E-state index contributed by atoms with van der Waals surface area (Å²) in [6.07, 6.45) is 16.4. The van der Waals surface area contributed by atoms with Gasteiger partial charge >= 0.3 is 5.97 Å². The molecule has 0 radical (unpaired) electrons. The van der Waals surface area contributed by atoms with Gasteiger partial charge in [-0.15, -0.1) is 0 Å². The van der Waals surface area contributed by atoms with Gasteiger partial charge in [-0.25, -0.2) is 0 Å². The molecule has 0 bridgehead atoms. The molecule has 0 aromatic carbocycles. The molecule has 2 N–H and O–H groups in total. The molecule has 138 valence electrons. The van der Waals surface area contributed by atoms with Crippen LogP contribution in [0.25, 0.3) is 0 Å². The average Bonchev–Trinajstić information content (AvgIpc) is 2.48. The van der Waals surface area contributed by atoms with Crippen LogP contribution < -0.4 is 0 Å². The lowest BCUT2D eigenvalue weighted by molar-refractivity contribution is -0.137. The maximum Gasteiger partial charge on any atom is 0.303 e. The predicted octanol–water partition coefficient (Wildman–Crippen LogP) is 5.96. The molecule has 0 saturated heterocycles. The van der Waals surface area contributed by atoms with Gasteiger partial charge in [-0.1, -0.05) is 72.0 Å². The number of carboxylic acid groups (broad SMARTS) is 1. The average molecular weight is 329 g/mol. The number of hydrogen-bond donors (Lipinski definition) is 2. The molecule has 0 rings (SSSR count). The number of aliphatic hydroxyl groups is 1. The standard InChI is InChI=1S/C19H36O3.CH4/c1-3-4-11-15-18(20)17(2)14-12-9-7-5-6-8-10-13-16-19(21)22;/h9,12,17-18,20H,3-8,10-11,13-16H2,1-2H3,(H,21,22);1H4/b12-9+;. The van der Waals surface area contributed by atoms with Crippen LogP contribution in [0.5, 0.6) is 0 Å². The van der Waals surface area contributed by atoms with Crippen LogP contribution in [0.3, 0.4) is 0 Å². The second kappa shape index (κ2) is 17.5. The van der Waals surface area contributed by atoms with Crippen LogP contribution in [0.2, 0.25) is 0 Å². The molecule has 0 spiro atoms. The van der Waals surface area contributed by atoms with Gasteiger partial charge in [0.05, 0.1) is 6.10 Å². The number of carboxylic acids is 1. The Kier molecular flexibility index (Phi) is 18.6. The van der Waals surface area contributed by atoms with E-state index >= 15 is 0 Å². The van der Waals surface area contributed by atoms with Gasteiger partial charge < -0.3 is 10.2 Å². The first-order valence-electron chi connectivity index (χ1n) is 9.12. The molecule has 0 aliphatic carbocycles. The molecule has 0 aromatic heterocycles. The molecule has 0 aromatic rings. The van der Waals surface area contributed by atoms with Gasteiger partial charge in [0.1, 0.15) is 0 Å². The van der Waals surface area contributed by atoms with Gasteiger partial charge in [0.15, 0.2) is 0 Å². The van der Waals surface area contributed by atoms with Crippen molar-refractivity contribution in [2.24, 2.45) is 5.92 Å². The third-order valence-electron chi connectivity index (χ3n) is 4.20. The van der Waals surface area contributed by atoms with Crippen LogP contribution in [-0.4, -0.2) is 22.3 Å². The third kappa shape index (κ3) is 17.4. The first kappa shape index (κ1) is 24.4.